The van der Waals surface area contributed by atoms with Crippen LogP contribution in [0, 0.1) is 5.92 Å². The van der Waals surface area contributed by atoms with Crippen molar-refractivity contribution in [2.24, 2.45) is 11.7 Å². The molecule has 1 aliphatic rings. The molecule has 2 nitrogen and oxygen atoms in total. The highest BCUT2D eigenvalue weighted by Gasteiger charge is 2.20. The third kappa shape index (κ3) is 2.00. The highest BCUT2D eigenvalue weighted by Crippen LogP contribution is 2.31. The van der Waals surface area contributed by atoms with E-state index in [-0.39, 0.29) is 0 Å². The van der Waals surface area contributed by atoms with Gasteiger partial charge in [0.25, 0.3) is 0 Å². The van der Waals surface area contributed by atoms with Crippen molar-refractivity contribution in [3.05, 3.63) is 24.0 Å². The van der Waals surface area contributed by atoms with E-state index in [1.165, 1.54) is 25.0 Å². The van der Waals surface area contributed by atoms with Crippen LogP contribution >= 0.6 is 0 Å². The molecular weight excluding hydrogens is 136 g/mol. The van der Waals surface area contributed by atoms with E-state index in [2.05, 4.69) is 11.9 Å². The smallest absolute Gasteiger partial charge is 0.0258 e. The minimum absolute atomic E-state index is 0.640. The number of nitrogens with two attached hydrogens (primary N) is 1. The quantitative estimate of drug-likeness (QED) is 0.599. The van der Waals surface area contributed by atoms with Crippen LogP contribution in [0.5, 0.6) is 0 Å². The average molecular weight is 152 g/mol. The van der Waals surface area contributed by atoms with E-state index in [1.54, 1.807) is 0 Å². The van der Waals surface area contributed by atoms with Crippen LogP contribution in [-0.4, -0.2) is 7.05 Å². The molecule has 62 valence electrons. The SMILES string of the molecule is C=C(N)/C=C(\NC)C1CCC1. The molecular formula is C9H16N2. The van der Waals surface area contributed by atoms with E-state index in [1.807, 2.05) is 13.1 Å². The van der Waals surface area contributed by atoms with Crippen molar-refractivity contribution in [3.8, 4) is 0 Å². The molecule has 0 atom stereocenters. The van der Waals surface area contributed by atoms with Crippen molar-refractivity contribution in [2.75, 3.05) is 7.05 Å². The fourth-order valence-electron chi connectivity index (χ4n) is 1.31. The molecule has 3 N–H and O–H groups in total. The molecule has 1 rings (SSSR count). The monoisotopic (exact) mass is 152 g/mol. The Morgan fingerprint density at radius 2 is 2.27 bits per heavy atom. The predicted molar refractivity (Wildman–Crippen MR) is 47.8 cm³/mol. The summed E-state index contributed by atoms with van der Waals surface area (Å²) in [4.78, 5) is 0. The van der Waals surface area contributed by atoms with Crippen LogP contribution in [0.3, 0.4) is 0 Å². The zero-order valence-corrected chi connectivity index (χ0v) is 7.06. The summed E-state index contributed by atoms with van der Waals surface area (Å²) in [5.74, 6) is 0.709. The van der Waals surface area contributed by atoms with E-state index in [4.69, 9.17) is 5.73 Å². The minimum Gasteiger partial charge on any atom is -0.399 e. The minimum atomic E-state index is 0.640. The molecule has 1 aliphatic carbocycles. The molecule has 0 aliphatic heterocycles. The zero-order chi connectivity index (χ0) is 8.27. The van der Waals surface area contributed by atoms with Crippen molar-refractivity contribution in [1.82, 2.24) is 5.32 Å². The second-order valence-electron chi connectivity index (χ2n) is 3.05. The van der Waals surface area contributed by atoms with Crippen LogP contribution in [0.15, 0.2) is 24.0 Å². The molecule has 0 aromatic heterocycles. The molecule has 11 heavy (non-hydrogen) atoms. The summed E-state index contributed by atoms with van der Waals surface area (Å²) in [6.45, 7) is 3.65. The Balaban J connectivity index is 2.53. The summed E-state index contributed by atoms with van der Waals surface area (Å²) in [6.07, 6.45) is 5.87. The van der Waals surface area contributed by atoms with Crippen LogP contribution in [0.25, 0.3) is 0 Å². The van der Waals surface area contributed by atoms with E-state index in [0.717, 1.165) is 0 Å². The summed E-state index contributed by atoms with van der Waals surface area (Å²) >= 11 is 0. The number of hydrogen-bond donors (Lipinski definition) is 2. The lowest BCUT2D eigenvalue weighted by molar-refractivity contribution is 0.354. The third-order valence-electron chi connectivity index (χ3n) is 2.17. The Labute approximate surface area is 68.2 Å². The Kier molecular flexibility index (Phi) is 2.58. The largest absolute Gasteiger partial charge is 0.399 e. The highest BCUT2D eigenvalue weighted by molar-refractivity contribution is 5.19. The van der Waals surface area contributed by atoms with Gasteiger partial charge in [0.15, 0.2) is 0 Å². The molecule has 0 amide bonds. The Morgan fingerprint density at radius 1 is 1.64 bits per heavy atom. The van der Waals surface area contributed by atoms with Gasteiger partial charge in [-0.1, -0.05) is 13.0 Å². The maximum atomic E-state index is 5.47. The van der Waals surface area contributed by atoms with Gasteiger partial charge < -0.3 is 11.1 Å². The maximum Gasteiger partial charge on any atom is 0.0258 e. The fourth-order valence-corrected chi connectivity index (χ4v) is 1.31. The normalized spacial score (nSPS) is 19.2. The molecule has 0 heterocycles. The molecule has 0 radical (unpaired) electrons. The first-order valence-electron chi connectivity index (χ1n) is 4.07. The van der Waals surface area contributed by atoms with Crippen molar-refractivity contribution in [1.29, 1.82) is 0 Å². The fraction of sp³-hybridized carbons (Fsp3) is 0.556. The first kappa shape index (κ1) is 8.18. The molecule has 0 bridgehead atoms. The van der Waals surface area contributed by atoms with Gasteiger partial charge in [-0.2, -0.15) is 0 Å². The average Bonchev–Trinajstić information content (AvgIpc) is 1.81. The lowest BCUT2D eigenvalue weighted by Gasteiger charge is -2.28. The number of nitrogens with one attached hydrogen (secondary N) is 1. The number of allylic oxidation sites excluding steroid dienone is 2. The summed E-state index contributed by atoms with van der Waals surface area (Å²) in [7, 11) is 1.94. The summed E-state index contributed by atoms with van der Waals surface area (Å²) in [5, 5.41) is 3.16. The highest BCUT2D eigenvalue weighted by atomic mass is 14.8. The van der Waals surface area contributed by atoms with Crippen molar-refractivity contribution in [3.63, 3.8) is 0 Å². The number of rotatable bonds is 3. The molecule has 2 heteroatoms. The van der Waals surface area contributed by atoms with Crippen LogP contribution in [0.4, 0.5) is 0 Å². The molecule has 0 unspecified atom stereocenters. The third-order valence-corrected chi connectivity index (χ3v) is 2.17. The van der Waals surface area contributed by atoms with Crippen LogP contribution in [0.2, 0.25) is 0 Å². The van der Waals surface area contributed by atoms with E-state index in [0.29, 0.717) is 11.6 Å². The van der Waals surface area contributed by atoms with Gasteiger partial charge in [0.2, 0.25) is 0 Å². The van der Waals surface area contributed by atoms with Crippen molar-refractivity contribution in [2.45, 2.75) is 19.3 Å². The standard InChI is InChI=1S/C9H16N2/c1-7(10)6-9(11-2)8-4-3-5-8/h6,8,11H,1,3-5,10H2,2H3/b9-6-. The lowest BCUT2D eigenvalue weighted by atomic mass is 9.82. The predicted octanol–water partition coefficient (Wildman–Crippen LogP) is 1.36. The van der Waals surface area contributed by atoms with Gasteiger partial charge in [0.1, 0.15) is 0 Å². The lowest BCUT2D eigenvalue weighted by Crippen LogP contribution is -2.22. The van der Waals surface area contributed by atoms with Gasteiger partial charge in [-0.15, -0.1) is 0 Å². The molecule has 1 saturated carbocycles. The van der Waals surface area contributed by atoms with E-state index in [9.17, 15) is 0 Å². The second kappa shape index (κ2) is 3.46. The molecule has 0 aromatic carbocycles. The van der Waals surface area contributed by atoms with Gasteiger partial charge in [-0.05, 0) is 24.8 Å². The Bertz CT molecular complexity index is 178. The van der Waals surface area contributed by atoms with Crippen LogP contribution < -0.4 is 11.1 Å². The second-order valence-corrected chi connectivity index (χ2v) is 3.05. The number of hydrogen-bond acceptors (Lipinski definition) is 2. The zero-order valence-electron chi connectivity index (χ0n) is 7.06. The van der Waals surface area contributed by atoms with Gasteiger partial charge >= 0.3 is 0 Å². The topological polar surface area (TPSA) is 38.0 Å². The Morgan fingerprint density at radius 3 is 2.55 bits per heavy atom. The Hall–Kier alpha value is -0.920. The summed E-state index contributed by atoms with van der Waals surface area (Å²) in [6, 6.07) is 0. The summed E-state index contributed by atoms with van der Waals surface area (Å²) < 4.78 is 0. The first-order valence-corrected chi connectivity index (χ1v) is 4.07. The first-order chi connectivity index (χ1) is 5.24. The van der Waals surface area contributed by atoms with E-state index < -0.39 is 0 Å². The summed E-state index contributed by atoms with van der Waals surface area (Å²) in [5.41, 5.74) is 7.35. The van der Waals surface area contributed by atoms with E-state index >= 15 is 0 Å². The molecule has 0 spiro atoms. The van der Waals surface area contributed by atoms with Gasteiger partial charge in [0, 0.05) is 18.4 Å². The van der Waals surface area contributed by atoms with Crippen molar-refractivity contribution < 1.29 is 0 Å². The molecule has 0 saturated heterocycles. The van der Waals surface area contributed by atoms with Gasteiger partial charge in [-0.25, -0.2) is 0 Å². The molecule has 1 fully saturated rings. The van der Waals surface area contributed by atoms with Gasteiger partial charge in [0.05, 0.1) is 0 Å². The van der Waals surface area contributed by atoms with Gasteiger partial charge in [-0.3, -0.25) is 0 Å². The van der Waals surface area contributed by atoms with Crippen molar-refractivity contribution >= 4 is 0 Å². The maximum absolute atomic E-state index is 5.47. The molecule has 0 aromatic rings. The van der Waals surface area contributed by atoms with Crippen LogP contribution in [0.1, 0.15) is 19.3 Å². The van der Waals surface area contributed by atoms with Crippen LogP contribution in [-0.2, 0) is 0 Å².